The summed E-state index contributed by atoms with van der Waals surface area (Å²) in [5.41, 5.74) is 5.87. The molecule has 0 radical (unpaired) electrons. The summed E-state index contributed by atoms with van der Waals surface area (Å²) < 4.78 is 12.6. The van der Waals surface area contributed by atoms with Gasteiger partial charge in [0.15, 0.2) is 0 Å². The topological polar surface area (TPSA) is 60.5 Å². The largest absolute Gasteiger partial charge is 0.488 e. The molecule has 0 unspecified atom stereocenters. The molecule has 1 aromatic heterocycles. The molecule has 0 spiro atoms. The van der Waals surface area contributed by atoms with Gasteiger partial charge < -0.3 is 14.8 Å². The van der Waals surface area contributed by atoms with Crippen molar-refractivity contribution in [3.05, 3.63) is 131 Å². The molecule has 0 aliphatic heterocycles. The summed E-state index contributed by atoms with van der Waals surface area (Å²) in [6, 6.07) is 33.4. The number of carbonyl (C=O) groups excluding carboxylic acids is 1. The lowest BCUT2D eigenvalue weighted by atomic mass is 9.98. The monoisotopic (exact) mass is 516 g/mol. The molecule has 0 saturated carbocycles. The normalized spacial score (nSPS) is 11.0. The van der Waals surface area contributed by atoms with Crippen LogP contribution in [0, 0.1) is 6.92 Å². The second-order valence-corrected chi connectivity index (χ2v) is 9.87. The fraction of sp³-hybridized carbons (Fsp3) is 0.176. The van der Waals surface area contributed by atoms with E-state index in [1.54, 1.807) is 0 Å². The quantitative estimate of drug-likeness (QED) is 0.215. The number of hydrogen-bond donors (Lipinski definition) is 1. The number of ether oxygens (including phenoxy) is 2. The molecule has 1 N–H and O–H groups in total. The highest BCUT2D eigenvalue weighted by Crippen LogP contribution is 2.36. The van der Waals surface area contributed by atoms with Gasteiger partial charge in [-0.05, 0) is 47.7 Å². The van der Waals surface area contributed by atoms with Crippen LogP contribution in [0.4, 0.5) is 5.69 Å². The Morgan fingerprint density at radius 2 is 1.36 bits per heavy atom. The van der Waals surface area contributed by atoms with Crippen molar-refractivity contribution in [3.63, 3.8) is 0 Å². The van der Waals surface area contributed by atoms with Crippen molar-refractivity contribution >= 4 is 22.5 Å². The van der Waals surface area contributed by atoms with Crippen molar-refractivity contribution in [1.82, 2.24) is 4.98 Å². The van der Waals surface area contributed by atoms with Gasteiger partial charge in [0.2, 0.25) is 0 Å². The van der Waals surface area contributed by atoms with Gasteiger partial charge in [-0.25, -0.2) is 0 Å². The second kappa shape index (κ2) is 11.8. The maximum Gasteiger partial charge on any atom is 0.259 e. The molecule has 1 amide bonds. The molecule has 0 aliphatic carbocycles. The SMILES string of the molecule is Cc1cc(NC(=O)c2cc(C(C)C)c(OCc3ccccc3)cc2OCc2ccccc2)c2ccccc2n1. The molecule has 0 aliphatic rings. The molecule has 0 bridgehead atoms. The average Bonchev–Trinajstić information content (AvgIpc) is 2.95. The van der Waals surface area contributed by atoms with Gasteiger partial charge in [-0.1, -0.05) is 92.7 Å². The number of aromatic nitrogens is 1. The van der Waals surface area contributed by atoms with Gasteiger partial charge >= 0.3 is 0 Å². The van der Waals surface area contributed by atoms with E-state index in [9.17, 15) is 4.79 Å². The van der Waals surface area contributed by atoms with Crippen LogP contribution in [0.5, 0.6) is 11.5 Å². The van der Waals surface area contributed by atoms with E-state index in [2.05, 4.69) is 24.1 Å². The van der Waals surface area contributed by atoms with Gasteiger partial charge in [-0.2, -0.15) is 0 Å². The average molecular weight is 517 g/mol. The summed E-state index contributed by atoms with van der Waals surface area (Å²) in [6.45, 7) is 6.86. The van der Waals surface area contributed by atoms with Crippen LogP contribution in [0.25, 0.3) is 10.9 Å². The van der Waals surface area contributed by atoms with Crippen LogP contribution in [0.3, 0.4) is 0 Å². The molecule has 0 fully saturated rings. The number of rotatable bonds is 9. The summed E-state index contributed by atoms with van der Waals surface area (Å²) >= 11 is 0. The molecular formula is C34H32N2O3. The van der Waals surface area contributed by atoms with E-state index >= 15 is 0 Å². The van der Waals surface area contributed by atoms with E-state index in [0.29, 0.717) is 36.0 Å². The predicted molar refractivity (Wildman–Crippen MR) is 157 cm³/mol. The third-order valence-electron chi connectivity index (χ3n) is 6.55. The fourth-order valence-electron chi connectivity index (χ4n) is 4.52. The molecule has 0 saturated heterocycles. The van der Waals surface area contributed by atoms with Gasteiger partial charge in [0.25, 0.3) is 5.91 Å². The van der Waals surface area contributed by atoms with Crippen molar-refractivity contribution in [1.29, 1.82) is 0 Å². The molecule has 5 nitrogen and oxygen atoms in total. The third kappa shape index (κ3) is 6.27. The minimum absolute atomic E-state index is 0.134. The van der Waals surface area contributed by atoms with Crippen LogP contribution in [-0.2, 0) is 13.2 Å². The summed E-state index contributed by atoms with van der Waals surface area (Å²) in [6.07, 6.45) is 0. The molecule has 1 heterocycles. The highest BCUT2D eigenvalue weighted by Gasteiger charge is 2.21. The zero-order chi connectivity index (χ0) is 27.2. The first-order chi connectivity index (χ1) is 19.0. The van der Waals surface area contributed by atoms with Crippen LogP contribution < -0.4 is 14.8 Å². The Morgan fingerprint density at radius 1 is 0.769 bits per heavy atom. The van der Waals surface area contributed by atoms with Crippen LogP contribution in [0.1, 0.15) is 52.5 Å². The van der Waals surface area contributed by atoms with Crippen LogP contribution in [0.2, 0.25) is 0 Å². The summed E-state index contributed by atoms with van der Waals surface area (Å²) in [5.74, 6) is 1.07. The zero-order valence-corrected chi connectivity index (χ0v) is 22.5. The Labute approximate surface area is 229 Å². The minimum Gasteiger partial charge on any atom is -0.488 e. The maximum absolute atomic E-state index is 13.8. The van der Waals surface area contributed by atoms with Crippen molar-refractivity contribution in [3.8, 4) is 11.5 Å². The smallest absolute Gasteiger partial charge is 0.259 e. The Kier molecular flexibility index (Phi) is 7.88. The number of amides is 1. The van der Waals surface area contributed by atoms with Gasteiger partial charge in [-0.3, -0.25) is 9.78 Å². The first kappa shape index (κ1) is 26.0. The van der Waals surface area contributed by atoms with Crippen molar-refractivity contribution < 1.29 is 14.3 Å². The number of aryl methyl sites for hydroxylation is 1. The van der Waals surface area contributed by atoms with Crippen molar-refractivity contribution in [2.75, 3.05) is 5.32 Å². The number of anilines is 1. The number of fused-ring (bicyclic) bond motifs is 1. The number of para-hydroxylation sites is 1. The third-order valence-corrected chi connectivity index (χ3v) is 6.55. The van der Waals surface area contributed by atoms with Crippen LogP contribution in [-0.4, -0.2) is 10.9 Å². The van der Waals surface area contributed by atoms with E-state index in [4.69, 9.17) is 9.47 Å². The Hall–Kier alpha value is -4.64. The number of nitrogens with zero attached hydrogens (tertiary/aromatic N) is 1. The van der Waals surface area contributed by atoms with Gasteiger partial charge in [0.1, 0.15) is 24.7 Å². The van der Waals surface area contributed by atoms with E-state index in [1.165, 1.54) is 0 Å². The molecule has 5 rings (SSSR count). The molecule has 4 aromatic carbocycles. The summed E-state index contributed by atoms with van der Waals surface area (Å²) in [7, 11) is 0. The first-order valence-electron chi connectivity index (χ1n) is 13.2. The van der Waals surface area contributed by atoms with Gasteiger partial charge in [-0.15, -0.1) is 0 Å². The fourth-order valence-corrected chi connectivity index (χ4v) is 4.52. The highest BCUT2D eigenvalue weighted by molar-refractivity contribution is 6.10. The molecular weight excluding hydrogens is 484 g/mol. The van der Waals surface area contributed by atoms with Crippen molar-refractivity contribution in [2.24, 2.45) is 0 Å². The summed E-state index contributed by atoms with van der Waals surface area (Å²) in [5, 5.41) is 4.01. The second-order valence-electron chi connectivity index (χ2n) is 9.87. The van der Waals surface area contributed by atoms with Crippen LogP contribution in [0.15, 0.2) is 103 Å². The Morgan fingerprint density at radius 3 is 2.00 bits per heavy atom. The van der Waals surface area contributed by atoms with E-state index < -0.39 is 0 Å². The number of carbonyl (C=O) groups is 1. The van der Waals surface area contributed by atoms with E-state index in [-0.39, 0.29) is 11.8 Å². The summed E-state index contributed by atoms with van der Waals surface area (Å²) in [4.78, 5) is 18.4. The Bertz CT molecular complexity index is 1580. The lowest BCUT2D eigenvalue weighted by molar-refractivity contribution is 0.102. The number of pyridine rings is 1. The predicted octanol–water partition coefficient (Wildman–Crippen LogP) is 8.08. The maximum atomic E-state index is 13.8. The van der Waals surface area contributed by atoms with Crippen LogP contribution >= 0.6 is 0 Å². The minimum atomic E-state index is -0.245. The number of hydrogen-bond acceptors (Lipinski definition) is 4. The van der Waals surface area contributed by atoms with E-state index in [1.807, 2.05) is 110 Å². The molecule has 5 heteroatoms. The molecule has 39 heavy (non-hydrogen) atoms. The lowest BCUT2D eigenvalue weighted by Gasteiger charge is -2.20. The molecule has 196 valence electrons. The Balaban J connectivity index is 1.51. The number of benzene rings is 4. The number of nitrogens with one attached hydrogen (secondary N) is 1. The van der Waals surface area contributed by atoms with Crippen molar-refractivity contribution in [2.45, 2.75) is 39.9 Å². The van der Waals surface area contributed by atoms with Gasteiger partial charge in [0, 0.05) is 17.1 Å². The van der Waals surface area contributed by atoms with E-state index in [0.717, 1.165) is 33.3 Å². The lowest BCUT2D eigenvalue weighted by Crippen LogP contribution is -2.15. The van der Waals surface area contributed by atoms with Gasteiger partial charge in [0.05, 0.1) is 16.8 Å². The highest BCUT2D eigenvalue weighted by atomic mass is 16.5. The molecule has 5 aromatic rings. The zero-order valence-electron chi connectivity index (χ0n) is 22.5. The first-order valence-corrected chi connectivity index (χ1v) is 13.2. The standard InChI is InChI=1S/C34H32N2O3/c1-23(2)28-19-29(34(37)36-31-18-24(3)35-30-17-11-10-16-27(30)31)33(39-22-26-14-8-5-9-15-26)20-32(28)38-21-25-12-6-4-7-13-25/h4-20,23H,21-22H2,1-3H3,(H,35,36,37). The molecule has 0 atom stereocenters.